The van der Waals surface area contributed by atoms with Crippen LogP contribution < -0.4 is 10.5 Å². The third-order valence-electron chi connectivity index (χ3n) is 2.58. The standard InChI is InChI=1S/C11H16N6O2S/c12-4-2-6-17-9-11(8-14-17)20(18,19)15-7-10-3-1-5-13-16-10/h1,3,5,8-9,15H,2,4,6-7,12H2. The van der Waals surface area contributed by atoms with Gasteiger partial charge in [0.25, 0.3) is 0 Å². The Balaban J connectivity index is 2.01. The molecule has 0 spiro atoms. The first-order chi connectivity index (χ1) is 9.62. The SMILES string of the molecule is NCCCn1cc(S(=O)(=O)NCc2cccnn2)cn1. The largest absolute Gasteiger partial charge is 0.330 e. The highest BCUT2D eigenvalue weighted by Crippen LogP contribution is 2.08. The summed E-state index contributed by atoms with van der Waals surface area (Å²) in [7, 11) is -3.60. The van der Waals surface area contributed by atoms with Crippen molar-refractivity contribution in [3.8, 4) is 0 Å². The first-order valence-electron chi connectivity index (χ1n) is 6.10. The van der Waals surface area contributed by atoms with Gasteiger partial charge in [0, 0.05) is 18.9 Å². The Morgan fingerprint density at radius 1 is 1.40 bits per heavy atom. The van der Waals surface area contributed by atoms with E-state index in [4.69, 9.17) is 5.73 Å². The van der Waals surface area contributed by atoms with Crippen LogP contribution in [0.15, 0.2) is 35.6 Å². The second-order valence-corrected chi connectivity index (χ2v) is 5.89. The second kappa shape index (κ2) is 6.55. The molecule has 0 saturated carbocycles. The van der Waals surface area contributed by atoms with Gasteiger partial charge in [0.1, 0.15) is 4.90 Å². The zero-order chi connectivity index (χ0) is 14.4. The first-order valence-corrected chi connectivity index (χ1v) is 7.59. The summed E-state index contributed by atoms with van der Waals surface area (Å²) in [5.74, 6) is 0. The molecule has 2 rings (SSSR count). The number of sulfonamides is 1. The molecule has 20 heavy (non-hydrogen) atoms. The Bertz CT molecular complexity index is 640. The van der Waals surface area contributed by atoms with Crippen LogP contribution in [0.4, 0.5) is 0 Å². The average molecular weight is 296 g/mol. The number of aryl methyl sites for hydroxylation is 1. The van der Waals surface area contributed by atoms with Crippen LogP contribution in [-0.2, 0) is 23.1 Å². The van der Waals surface area contributed by atoms with Gasteiger partial charge < -0.3 is 5.73 Å². The minimum Gasteiger partial charge on any atom is -0.330 e. The van der Waals surface area contributed by atoms with Gasteiger partial charge in [-0.15, -0.1) is 0 Å². The lowest BCUT2D eigenvalue weighted by atomic mass is 10.4. The van der Waals surface area contributed by atoms with E-state index in [2.05, 4.69) is 20.0 Å². The molecule has 0 aliphatic heterocycles. The van der Waals surface area contributed by atoms with Crippen LogP contribution in [0.5, 0.6) is 0 Å². The van der Waals surface area contributed by atoms with Crippen LogP contribution in [0.2, 0.25) is 0 Å². The average Bonchev–Trinajstić information content (AvgIpc) is 2.94. The summed E-state index contributed by atoms with van der Waals surface area (Å²) in [4.78, 5) is 0.124. The second-order valence-electron chi connectivity index (χ2n) is 4.12. The van der Waals surface area contributed by atoms with Gasteiger partial charge in [-0.1, -0.05) is 0 Å². The predicted octanol–water partition coefficient (Wildman–Crippen LogP) is -0.500. The Labute approximate surface area is 117 Å². The lowest BCUT2D eigenvalue weighted by Gasteiger charge is -2.03. The van der Waals surface area contributed by atoms with E-state index < -0.39 is 10.0 Å². The number of hydrogen-bond donors (Lipinski definition) is 2. The summed E-state index contributed by atoms with van der Waals surface area (Å²) in [6.07, 6.45) is 5.07. The third-order valence-corrected chi connectivity index (χ3v) is 3.94. The topological polar surface area (TPSA) is 116 Å². The molecule has 0 saturated heterocycles. The molecular weight excluding hydrogens is 280 g/mol. The van der Waals surface area contributed by atoms with Crippen LogP contribution in [0.25, 0.3) is 0 Å². The highest BCUT2D eigenvalue weighted by atomic mass is 32.2. The fraction of sp³-hybridized carbons (Fsp3) is 0.364. The van der Waals surface area contributed by atoms with Crippen molar-refractivity contribution >= 4 is 10.0 Å². The molecule has 3 N–H and O–H groups in total. The van der Waals surface area contributed by atoms with Crippen molar-refractivity contribution in [2.45, 2.75) is 24.4 Å². The zero-order valence-corrected chi connectivity index (χ0v) is 11.6. The van der Waals surface area contributed by atoms with Crippen molar-refractivity contribution in [1.82, 2.24) is 24.7 Å². The summed E-state index contributed by atoms with van der Waals surface area (Å²) in [6, 6.07) is 3.39. The number of aromatic nitrogens is 4. The lowest BCUT2D eigenvalue weighted by molar-refractivity contribution is 0.575. The maximum Gasteiger partial charge on any atom is 0.244 e. The van der Waals surface area contributed by atoms with Crippen LogP contribution in [0.3, 0.4) is 0 Å². The molecule has 0 aliphatic carbocycles. The molecule has 2 heterocycles. The van der Waals surface area contributed by atoms with Gasteiger partial charge in [-0.3, -0.25) is 4.68 Å². The van der Waals surface area contributed by atoms with Crippen molar-refractivity contribution in [3.63, 3.8) is 0 Å². The van der Waals surface area contributed by atoms with Crippen LogP contribution in [0.1, 0.15) is 12.1 Å². The molecule has 2 aromatic rings. The van der Waals surface area contributed by atoms with Crippen molar-refractivity contribution in [2.24, 2.45) is 5.73 Å². The molecule has 9 heteroatoms. The quantitative estimate of drug-likeness (QED) is 0.711. The van der Waals surface area contributed by atoms with Crippen molar-refractivity contribution in [3.05, 3.63) is 36.4 Å². The maximum atomic E-state index is 12.1. The molecule has 8 nitrogen and oxygen atoms in total. The number of hydrogen-bond acceptors (Lipinski definition) is 6. The molecular formula is C11H16N6O2S. The fourth-order valence-corrected chi connectivity index (χ4v) is 2.49. The number of nitrogens with two attached hydrogens (primary N) is 1. The van der Waals surface area contributed by atoms with E-state index in [1.54, 1.807) is 16.8 Å². The highest BCUT2D eigenvalue weighted by molar-refractivity contribution is 7.89. The Hall–Kier alpha value is -1.84. The van der Waals surface area contributed by atoms with Gasteiger partial charge in [0.05, 0.1) is 18.4 Å². The van der Waals surface area contributed by atoms with Crippen molar-refractivity contribution in [1.29, 1.82) is 0 Å². The third kappa shape index (κ3) is 3.83. The van der Waals surface area contributed by atoms with E-state index in [0.29, 0.717) is 18.8 Å². The summed E-state index contributed by atoms with van der Waals surface area (Å²) >= 11 is 0. The monoisotopic (exact) mass is 296 g/mol. The molecule has 108 valence electrons. The van der Waals surface area contributed by atoms with E-state index >= 15 is 0 Å². The molecule has 0 atom stereocenters. The molecule has 0 aliphatic rings. The molecule has 0 radical (unpaired) electrons. The fourth-order valence-electron chi connectivity index (χ4n) is 1.54. The van der Waals surface area contributed by atoms with E-state index in [0.717, 1.165) is 6.42 Å². The Morgan fingerprint density at radius 2 is 2.25 bits per heavy atom. The van der Waals surface area contributed by atoms with Crippen LogP contribution >= 0.6 is 0 Å². The highest BCUT2D eigenvalue weighted by Gasteiger charge is 2.16. The van der Waals surface area contributed by atoms with Crippen molar-refractivity contribution in [2.75, 3.05) is 6.54 Å². The minimum atomic E-state index is -3.60. The molecule has 0 unspecified atom stereocenters. The van der Waals surface area contributed by atoms with Gasteiger partial charge in [-0.2, -0.15) is 15.3 Å². The first kappa shape index (κ1) is 14.6. The van der Waals surface area contributed by atoms with Crippen LogP contribution in [0, 0.1) is 0 Å². The maximum absolute atomic E-state index is 12.1. The summed E-state index contributed by atoms with van der Waals surface area (Å²) in [5.41, 5.74) is 5.94. The van der Waals surface area contributed by atoms with E-state index in [-0.39, 0.29) is 11.4 Å². The molecule has 0 bridgehead atoms. The summed E-state index contributed by atoms with van der Waals surface area (Å²) < 4.78 is 28.1. The molecule has 2 aromatic heterocycles. The smallest absolute Gasteiger partial charge is 0.244 e. The van der Waals surface area contributed by atoms with Gasteiger partial charge in [-0.25, -0.2) is 13.1 Å². The number of rotatable bonds is 7. The number of nitrogens with one attached hydrogen (secondary N) is 1. The van der Waals surface area contributed by atoms with E-state index in [1.807, 2.05) is 0 Å². The van der Waals surface area contributed by atoms with E-state index in [9.17, 15) is 8.42 Å². The molecule has 0 aromatic carbocycles. The minimum absolute atomic E-state index is 0.0875. The normalized spacial score (nSPS) is 11.7. The van der Waals surface area contributed by atoms with Gasteiger partial charge >= 0.3 is 0 Å². The summed E-state index contributed by atoms with van der Waals surface area (Å²) in [6.45, 7) is 1.22. The van der Waals surface area contributed by atoms with Crippen molar-refractivity contribution < 1.29 is 8.42 Å². The molecule has 0 amide bonds. The Morgan fingerprint density at radius 3 is 2.95 bits per heavy atom. The van der Waals surface area contributed by atoms with Gasteiger partial charge in [-0.05, 0) is 25.1 Å². The Kier molecular flexibility index (Phi) is 4.77. The summed E-state index contributed by atoms with van der Waals surface area (Å²) in [5, 5.41) is 11.5. The van der Waals surface area contributed by atoms with Crippen LogP contribution in [-0.4, -0.2) is 34.9 Å². The molecule has 0 fully saturated rings. The van der Waals surface area contributed by atoms with E-state index in [1.165, 1.54) is 18.6 Å². The lowest BCUT2D eigenvalue weighted by Crippen LogP contribution is -2.23. The zero-order valence-electron chi connectivity index (χ0n) is 10.8. The van der Waals surface area contributed by atoms with Gasteiger partial charge in [0.15, 0.2) is 0 Å². The number of nitrogens with zero attached hydrogens (tertiary/aromatic N) is 4. The van der Waals surface area contributed by atoms with Gasteiger partial charge in [0.2, 0.25) is 10.0 Å². The predicted molar refractivity (Wildman–Crippen MR) is 72.0 cm³/mol.